The predicted octanol–water partition coefficient (Wildman–Crippen LogP) is 1.92. The second-order valence-electron chi connectivity index (χ2n) is 3.55. The monoisotopic (exact) mass is 349 g/mol. The molecule has 0 aromatic heterocycles. The van der Waals surface area contributed by atoms with E-state index in [9.17, 15) is 0 Å². The molecule has 3 N–H and O–H groups in total. The lowest BCUT2D eigenvalue weighted by atomic mass is 10.2. The van der Waals surface area contributed by atoms with Gasteiger partial charge in [0.05, 0.1) is 6.61 Å². The topological polar surface area (TPSA) is 59.6 Å². The van der Waals surface area contributed by atoms with E-state index in [2.05, 4.69) is 17.2 Å². The van der Waals surface area contributed by atoms with Crippen LogP contribution in [0.1, 0.15) is 12.0 Å². The molecule has 0 saturated heterocycles. The molecule has 0 bridgehead atoms. The molecule has 0 unspecified atom stereocenters. The van der Waals surface area contributed by atoms with Gasteiger partial charge in [-0.3, -0.25) is 4.99 Å². The molecule has 0 aliphatic rings. The molecule has 0 radical (unpaired) electrons. The second kappa shape index (κ2) is 9.09. The molecular weight excluding hydrogens is 329 g/mol. The van der Waals surface area contributed by atoms with Crippen molar-refractivity contribution in [3.05, 3.63) is 29.8 Å². The molecule has 0 spiro atoms. The van der Waals surface area contributed by atoms with Crippen LogP contribution in [0.15, 0.2) is 29.3 Å². The number of aryl methyl sites for hydroxylation is 1. The molecule has 17 heavy (non-hydrogen) atoms. The second-order valence-corrected chi connectivity index (χ2v) is 3.55. The zero-order valence-corrected chi connectivity index (χ0v) is 12.6. The first-order valence-corrected chi connectivity index (χ1v) is 5.38. The summed E-state index contributed by atoms with van der Waals surface area (Å²) in [7, 11) is 1.66. The summed E-state index contributed by atoms with van der Waals surface area (Å²) in [6, 6.07) is 8.03. The molecule has 0 atom stereocenters. The SMILES string of the molecule is CN=C(N)NCCCOc1ccc(C)cc1.I. The van der Waals surface area contributed by atoms with Crippen molar-refractivity contribution in [2.45, 2.75) is 13.3 Å². The first-order chi connectivity index (χ1) is 7.72. The van der Waals surface area contributed by atoms with Crippen LogP contribution in [0.3, 0.4) is 0 Å². The normalized spacial score (nSPS) is 10.6. The Bertz CT molecular complexity index is 338. The van der Waals surface area contributed by atoms with E-state index < -0.39 is 0 Å². The highest BCUT2D eigenvalue weighted by molar-refractivity contribution is 14.0. The van der Waals surface area contributed by atoms with E-state index in [4.69, 9.17) is 10.5 Å². The number of benzene rings is 1. The lowest BCUT2D eigenvalue weighted by Crippen LogP contribution is -2.32. The number of hydrogen-bond donors (Lipinski definition) is 2. The van der Waals surface area contributed by atoms with Crippen molar-refractivity contribution in [2.24, 2.45) is 10.7 Å². The van der Waals surface area contributed by atoms with Gasteiger partial charge in [0.1, 0.15) is 5.75 Å². The van der Waals surface area contributed by atoms with Crippen LogP contribution < -0.4 is 15.8 Å². The minimum Gasteiger partial charge on any atom is -0.494 e. The highest BCUT2D eigenvalue weighted by Crippen LogP contribution is 2.11. The fraction of sp³-hybridized carbons (Fsp3) is 0.417. The number of hydrogen-bond acceptors (Lipinski definition) is 2. The average Bonchev–Trinajstić information content (AvgIpc) is 2.31. The van der Waals surface area contributed by atoms with Gasteiger partial charge in [-0.15, -0.1) is 24.0 Å². The highest BCUT2D eigenvalue weighted by Gasteiger charge is 1.93. The van der Waals surface area contributed by atoms with Gasteiger partial charge in [-0.2, -0.15) is 0 Å². The summed E-state index contributed by atoms with van der Waals surface area (Å²) in [5.41, 5.74) is 6.72. The Kier molecular flexibility index (Phi) is 8.57. The molecule has 0 amide bonds. The van der Waals surface area contributed by atoms with Crippen LogP contribution in [0.25, 0.3) is 0 Å². The van der Waals surface area contributed by atoms with E-state index in [-0.39, 0.29) is 24.0 Å². The lowest BCUT2D eigenvalue weighted by Gasteiger charge is -2.07. The van der Waals surface area contributed by atoms with E-state index in [0.717, 1.165) is 18.7 Å². The Morgan fingerprint density at radius 2 is 2.00 bits per heavy atom. The van der Waals surface area contributed by atoms with Gasteiger partial charge in [0.25, 0.3) is 0 Å². The summed E-state index contributed by atoms with van der Waals surface area (Å²) in [6.45, 7) is 3.50. The number of rotatable bonds is 5. The predicted molar refractivity (Wildman–Crippen MR) is 82.3 cm³/mol. The van der Waals surface area contributed by atoms with Gasteiger partial charge >= 0.3 is 0 Å². The number of ether oxygens (including phenoxy) is 1. The van der Waals surface area contributed by atoms with Crippen LogP contribution in [-0.2, 0) is 0 Å². The zero-order valence-electron chi connectivity index (χ0n) is 10.3. The van der Waals surface area contributed by atoms with E-state index in [1.807, 2.05) is 24.3 Å². The number of nitrogens with two attached hydrogens (primary N) is 1. The van der Waals surface area contributed by atoms with Crippen LogP contribution in [0.4, 0.5) is 0 Å². The summed E-state index contributed by atoms with van der Waals surface area (Å²) >= 11 is 0. The van der Waals surface area contributed by atoms with Crippen LogP contribution in [0.2, 0.25) is 0 Å². The van der Waals surface area contributed by atoms with Crippen LogP contribution in [0.5, 0.6) is 5.75 Å². The standard InChI is InChI=1S/C12H19N3O.HI/c1-10-4-6-11(7-5-10)16-9-3-8-15-12(13)14-2;/h4-7H,3,8-9H2,1-2H3,(H3,13,14,15);1H. The molecule has 0 saturated carbocycles. The van der Waals surface area contributed by atoms with Gasteiger partial charge in [-0.25, -0.2) is 0 Å². The highest BCUT2D eigenvalue weighted by atomic mass is 127. The molecule has 0 aliphatic carbocycles. The summed E-state index contributed by atoms with van der Waals surface area (Å²) in [5, 5.41) is 2.98. The summed E-state index contributed by atoms with van der Waals surface area (Å²) in [4.78, 5) is 3.80. The average molecular weight is 349 g/mol. The lowest BCUT2D eigenvalue weighted by molar-refractivity contribution is 0.311. The van der Waals surface area contributed by atoms with E-state index >= 15 is 0 Å². The van der Waals surface area contributed by atoms with Crippen molar-refractivity contribution in [3.8, 4) is 5.75 Å². The minimum atomic E-state index is 0. The Hall–Kier alpha value is -0.980. The molecule has 1 aromatic rings. The van der Waals surface area contributed by atoms with Gasteiger partial charge in [0, 0.05) is 13.6 Å². The Balaban J connectivity index is 0.00000256. The summed E-state index contributed by atoms with van der Waals surface area (Å²) in [6.07, 6.45) is 0.893. The third-order valence-corrected chi connectivity index (χ3v) is 2.16. The first kappa shape index (κ1) is 16.0. The third-order valence-electron chi connectivity index (χ3n) is 2.16. The van der Waals surface area contributed by atoms with Gasteiger partial charge in [-0.05, 0) is 25.5 Å². The fourth-order valence-electron chi connectivity index (χ4n) is 1.19. The van der Waals surface area contributed by atoms with Crippen molar-refractivity contribution in [1.29, 1.82) is 0 Å². The van der Waals surface area contributed by atoms with Crippen LogP contribution in [-0.4, -0.2) is 26.2 Å². The van der Waals surface area contributed by atoms with Gasteiger partial charge < -0.3 is 15.8 Å². The number of nitrogens with one attached hydrogen (secondary N) is 1. The van der Waals surface area contributed by atoms with Crippen LogP contribution in [0, 0.1) is 6.92 Å². The Labute approximate surface area is 120 Å². The smallest absolute Gasteiger partial charge is 0.188 e. The molecule has 5 heteroatoms. The van der Waals surface area contributed by atoms with Gasteiger partial charge in [0.2, 0.25) is 0 Å². The van der Waals surface area contributed by atoms with Crippen LogP contribution >= 0.6 is 24.0 Å². The molecule has 1 aromatic carbocycles. The number of guanidine groups is 1. The quantitative estimate of drug-likeness (QED) is 0.370. The molecule has 0 aliphatic heterocycles. The van der Waals surface area contributed by atoms with Crippen molar-refractivity contribution >= 4 is 29.9 Å². The molecule has 96 valence electrons. The number of halogens is 1. The minimum absolute atomic E-state index is 0. The maximum atomic E-state index is 5.56. The van der Waals surface area contributed by atoms with E-state index in [1.54, 1.807) is 7.05 Å². The Morgan fingerprint density at radius 3 is 2.59 bits per heavy atom. The maximum absolute atomic E-state index is 5.56. The molecular formula is C12H20IN3O. The molecule has 0 heterocycles. The van der Waals surface area contributed by atoms with Crippen molar-refractivity contribution in [1.82, 2.24) is 5.32 Å². The van der Waals surface area contributed by atoms with Crippen molar-refractivity contribution < 1.29 is 4.74 Å². The van der Waals surface area contributed by atoms with Crippen molar-refractivity contribution in [2.75, 3.05) is 20.2 Å². The molecule has 4 nitrogen and oxygen atoms in total. The number of aliphatic imine (C=N–C) groups is 1. The summed E-state index contributed by atoms with van der Waals surface area (Å²) < 4.78 is 5.56. The summed E-state index contributed by atoms with van der Waals surface area (Å²) in [5.74, 6) is 1.37. The molecule has 0 fully saturated rings. The Morgan fingerprint density at radius 1 is 1.35 bits per heavy atom. The van der Waals surface area contributed by atoms with E-state index in [1.165, 1.54) is 5.56 Å². The number of nitrogens with zero attached hydrogens (tertiary/aromatic N) is 1. The van der Waals surface area contributed by atoms with Crippen molar-refractivity contribution in [3.63, 3.8) is 0 Å². The van der Waals surface area contributed by atoms with Gasteiger partial charge in [0.15, 0.2) is 5.96 Å². The molecule has 1 rings (SSSR count). The largest absolute Gasteiger partial charge is 0.494 e. The van der Waals surface area contributed by atoms with E-state index in [0.29, 0.717) is 12.6 Å². The maximum Gasteiger partial charge on any atom is 0.188 e. The third kappa shape index (κ3) is 7.04. The zero-order chi connectivity index (χ0) is 11.8. The first-order valence-electron chi connectivity index (χ1n) is 5.38. The van der Waals surface area contributed by atoms with Gasteiger partial charge in [-0.1, -0.05) is 17.7 Å². The fourth-order valence-corrected chi connectivity index (χ4v) is 1.19.